The molecular weight excluding hydrogens is 251 g/mol. The second-order valence-corrected chi connectivity index (χ2v) is 4.04. The van der Waals surface area contributed by atoms with E-state index >= 15 is 0 Å². The Hall–Kier alpha value is -1.71. The molecule has 0 aliphatic carbocycles. The number of nitrogens with zero attached hydrogens (tertiary/aromatic N) is 1. The average molecular weight is 263 g/mol. The summed E-state index contributed by atoms with van der Waals surface area (Å²) in [5.74, 6) is -0.164. The normalized spacial score (nSPS) is 21.6. The van der Waals surface area contributed by atoms with Gasteiger partial charge in [-0.15, -0.1) is 6.42 Å². The molecule has 0 aromatic carbocycles. The topological polar surface area (TPSA) is 46.6 Å². The van der Waals surface area contributed by atoms with Crippen LogP contribution < -0.4 is 0 Å². The fourth-order valence-corrected chi connectivity index (χ4v) is 1.60. The smallest absolute Gasteiger partial charge is 0.406 e. The molecule has 2 atom stereocenters. The molecule has 1 heterocycles. The summed E-state index contributed by atoms with van der Waals surface area (Å²) in [4.78, 5) is 23.4. The molecule has 4 nitrogen and oxygen atoms in total. The van der Waals surface area contributed by atoms with Crippen LogP contribution in [0.4, 0.5) is 13.2 Å². The fourth-order valence-electron chi connectivity index (χ4n) is 1.60. The van der Waals surface area contributed by atoms with Gasteiger partial charge in [0.25, 0.3) is 0 Å². The zero-order valence-electron chi connectivity index (χ0n) is 9.66. The number of amides is 1. The maximum Gasteiger partial charge on any atom is 0.406 e. The van der Waals surface area contributed by atoms with Crippen molar-refractivity contribution in [3.05, 3.63) is 0 Å². The Bertz CT molecular complexity index is 386. The molecule has 1 aliphatic heterocycles. The van der Waals surface area contributed by atoms with E-state index in [0.29, 0.717) is 4.90 Å². The highest BCUT2D eigenvalue weighted by atomic mass is 19.4. The van der Waals surface area contributed by atoms with Crippen LogP contribution in [0.1, 0.15) is 13.3 Å². The van der Waals surface area contributed by atoms with Crippen molar-refractivity contribution in [3.63, 3.8) is 0 Å². The van der Waals surface area contributed by atoms with Crippen LogP contribution in [0.5, 0.6) is 0 Å². The van der Waals surface area contributed by atoms with E-state index < -0.39 is 36.6 Å². The number of carbonyl (C=O) groups excluding carboxylic acids is 2. The van der Waals surface area contributed by atoms with Crippen LogP contribution in [-0.4, -0.2) is 42.1 Å². The molecule has 18 heavy (non-hydrogen) atoms. The molecule has 1 fully saturated rings. The summed E-state index contributed by atoms with van der Waals surface area (Å²) in [6.45, 7) is -0.170. The number of halogens is 3. The number of esters is 1. The predicted octanol–water partition coefficient (Wildman–Crippen LogP) is 0.962. The summed E-state index contributed by atoms with van der Waals surface area (Å²) in [6, 6.07) is 0. The van der Waals surface area contributed by atoms with Crippen LogP contribution in [0, 0.1) is 18.3 Å². The maximum atomic E-state index is 12.1. The lowest BCUT2D eigenvalue weighted by molar-refractivity contribution is -0.158. The molecular formula is C11H12F3NO3. The summed E-state index contributed by atoms with van der Waals surface area (Å²) in [7, 11) is 0. The third-order valence-corrected chi connectivity index (χ3v) is 2.45. The van der Waals surface area contributed by atoms with Gasteiger partial charge in [0.1, 0.15) is 6.54 Å². The van der Waals surface area contributed by atoms with Crippen LogP contribution in [0.3, 0.4) is 0 Å². The SMILES string of the molecule is C#C[C@@H](C)OC(=O)[C@@H]1CC(=O)N(CC(F)(F)F)C1. The largest absolute Gasteiger partial charge is 0.449 e. The van der Waals surface area contributed by atoms with Gasteiger partial charge >= 0.3 is 12.1 Å². The van der Waals surface area contributed by atoms with E-state index in [2.05, 4.69) is 5.92 Å². The first-order valence-electron chi connectivity index (χ1n) is 5.24. The molecule has 0 aromatic heterocycles. The van der Waals surface area contributed by atoms with Gasteiger partial charge in [-0.25, -0.2) is 0 Å². The lowest BCUT2D eigenvalue weighted by atomic mass is 10.1. The van der Waals surface area contributed by atoms with Crippen molar-refractivity contribution in [1.29, 1.82) is 0 Å². The minimum atomic E-state index is -4.47. The number of hydrogen-bond donors (Lipinski definition) is 0. The van der Waals surface area contributed by atoms with Gasteiger partial charge in [-0.3, -0.25) is 9.59 Å². The van der Waals surface area contributed by atoms with E-state index in [4.69, 9.17) is 11.2 Å². The first-order chi connectivity index (χ1) is 8.23. The van der Waals surface area contributed by atoms with Crippen molar-refractivity contribution in [1.82, 2.24) is 4.90 Å². The molecule has 0 bridgehead atoms. The van der Waals surface area contributed by atoms with Gasteiger partial charge in [-0.05, 0) is 6.92 Å². The minimum absolute atomic E-state index is 0.272. The van der Waals surface area contributed by atoms with Crippen molar-refractivity contribution in [2.45, 2.75) is 25.6 Å². The summed E-state index contributed by atoms with van der Waals surface area (Å²) >= 11 is 0. The minimum Gasteiger partial charge on any atom is -0.449 e. The Morgan fingerprint density at radius 3 is 2.78 bits per heavy atom. The number of rotatable bonds is 3. The second-order valence-electron chi connectivity index (χ2n) is 4.04. The highest BCUT2D eigenvalue weighted by Crippen LogP contribution is 2.24. The molecule has 0 unspecified atom stereocenters. The highest BCUT2D eigenvalue weighted by Gasteiger charge is 2.41. The lowest BCUT2D eigenvalue weighted by Gasteiger charge is -2.18. The number of alkyl halides is 3. The Morgan fingerprint density at radius 2 is 2.28 bits per heavy atom. The van der Waals surface area contributed by atoms with Crippen molar-refractivity contribution >= 4 is 11.9 Å². The molecule has 100 valence electrons. The van der Waals surface area contributed by atoms with Crippen LogP contribution in [-0.2, 0) is 14.3 Å². The van der Waals surface area contributed by atoms with E-state index in [1.807, 2.05) is 0 Å². The fraction of sp³-hybridized carbons (Fsp3) is 0.636. The number of carbonyl (C=O) groups is 2. The van der Waals surface area contributed by atoms with Gasteiger partial charge in [-0.1, -0.05) is 5.92 Å². The first-order valence-corrected chi connectivity index (χ1v) is 5.24. The molecule has 0 saturated carbocycles. The van der Waals surface area contributed by atoms with E-state index in [9.17, 15) is 22.8 Å². The van der Waals surface area contributed by atoms with Gasteiger partial charge in [0, 0.05) is 13.0 Å². The second kappa shape index (κ2) is 5.29. The van der Waals surface area contributed by atoms with Gasteiger partial charge in [-0.2, -0.15) is 13.2 Å². The summed E-state index contributed by atoms with van der Waals surface area (Å²) in [5, 5.41) is 0. The zero-order valence-corrected chi connectivity index (χ0v) is 9.66. The Kier molecular flexibility index (Phi) is 4.22. The van der Waals surface area contributed by atoms with Crippen LogP contribution in [0.2, 0.25) is 0 Å². The standard InChI is InChI=1S/C11H12F3NO3/c1-3-7(2)18-10(17)8-4-9(16)15(5-8)6-11(12,13)14/h1,7-8H,4-6H2,2H3/t7-,8-/m1/s1. The van der Waals surface area contributed by atoms with Crippen LogP contribution >= 0.6 is 0 Å². The van der Waals surface area contributed by atoms with E-state index in [1.54, 1.807) is 0 Å². The highest BCUT2D eigenvalue weighted by molar-refractivity contribution is 5.86. The zero-order chi connectivity index (χ0) is 13.9. The molecule has 1 aliphatic rings. The Labute approximate surface area is 102 Å². The maximum absolute atomic E-state index is 12.1. The van der Waals surface area contributed by atoms with Gasteiger partial charge < -0.3 is 9.64 Å². The molecule has 0 spiro atoms. The molecule has 0 N–H and O–H groups in total. The van der Waals surface area contributed by atoms with Gasteiger partial charge in [0.15, 0.2) is 6.10 Å². The van der Waals surface area contributed by atoms with Crippen LogP contribution in [0.25, 0.3) is 0 Å². The number of likely N-dealkylation sites (tertiary alicyclic amines) is 1. The third-order valence-electron chi connectivity index (χ3n) is 2.45. The van der Waals surface area contributed by atoms with Crippen molar-refractivity contribution in [2.24, 2.45) is 5.92 Å². The first kappa shape index (κ1) is 14.4. The molecule has 1 saturated heterocycles. The van der Waals surface area contributed by atoms with E-state index in [-0.39, 0.29) is 13.0 Å². The third kappa shape index (κ3) is 3.95. The van der Waals surface area contributed by atoms with Crippen molar-refractivity contribution in [2.75, 3.05) is 13.1 Å². The number of ether oxygens (including phenoxy) is 1. The summed E-state index contributed by atoms with van der Waals surface area (Å²) < 4.78 is 41.2. The molecule has 1 rings (SSSR count). The van der Waals surface area contributed by atoms with Gasteiger partial charge in [0.2, 0.25) is 5.91 Å². The average Bonchev–Trinajstić information content (AvgIpc) is 2.57. The monoisotopic (exact) mass is 263 g/mol. The van der Waals surface area contributed by atoms with Crippen molar-refractivity contribution < 1.29 is 27.5 Å². The molecule has 0 aromatic rings. The molecule has 1 amide bonds. The number of terminal acetylenes is 1. The summed E-state index contributed by atoms with van der Waals surface area (Å²) in [6.07, 6.45) is -0.500. The Morgan fingerprint density at radius 1 is 1.67 bits per heavy atom. The Balaban J connectivity index is 2.56. The predicted molar refractivity (Wildman–Crippen MR) is 55.1 cm³/mol. The molecule has 7 heteroatoms. The van der Waals surface area contributed by atoms with Crippen LogP contribution in [0.15, 0.2) is 0 Å². The number of hydrogen-bond acceptors (Lipinski definition) is 3. The van der Waals surface area contributed by atoms with E-state index in [1.165, 1.54) is 6.92 Å². The van der Waals surface area contributed by atoms with Crippen molar-refractivity contribution in [3.8, 4) is 12.3 Å². The quantitative estimate of drug-likeness (QED) is 0.563. The lowest BCUT2D eigenvalue weighted by Crippen LogP contribution is -2.36. The van der Waals surface area contributed by atoms with E-state index in [0.717, 1.165) is 0 Å². The van der Waals surface area contributed by atoms with Gasteiger partial charge in [0.05, 0.1) is 5.92 Å². The summed E-state index contributed by atoms with van der Waals surface area (Å²) in [5.41, 5.74) is 0. The molecule has 0 radical (unpaired) electrons.